The second-order valence-electron chi connectivity index (χ2n) is 7.75. The van der Waals surface area contributed by atoms with Crippen molar-refractivity contribution in [1.29, 1.82) is 0 Å². The van der Waals surface area contributed by atoms with E-state index in [1.807, 2.05) is 16.7 Å². The van der Waals surface area contributed by atoms with Crippen LogP contribution in [0.2, 0.25) is 10.0 Å². The summed E-state index contributed by atoms with van der Waals surface area (Å²) in [5.41, 5.74) is 2.38. The lowest BCUT2D eigenvalue weighted by Crippen LogP contribution is -2.38. The molecule has 164 valence electrons. The van der Waals surface area contributed by atoms with Gasteiger partial charge in [-0.1, -0.05) is 59.2 Å². The predicted octanol–water partition coefficient (Wildman–Crippen LogP) is 6.06. The predicted molar refractivity (Wildman–Crippen MR) is 128 cm³/mol. The number of rotatable bonds is 8. The zero-order valence-corrected chi connectivity index (χ0v) is 20.5. The number of carbonyl (C=O) groups excluding carboxylic acids is 1. The SMILES string of the molecule is Cc1ccccc1CSc1nnc(CNC(=O)C(C)(C)CCl)n1-c1cc(Cl)ccc1Cl. The smallest absolute Gasteiger partial charge is 0.227 e. The summed E-state index contributed by atoms with van der Waals surface area (Å²) in [7, 11) is 0. The van der Waals surface area contributed by atoms with Crippen LogP contribution in [0.5, 0.6) is 0 Å². The minimum absolute atomic E-state index is 0.164. The molecule has 1 heterocycles. The Morgan fingerprint density at radius 3 is 2.61 bits per heavy atom. The molecule has 3 aromatic rings. The molecule has 0 fully saturated rings. The summed E-state index contributed by atoms with van der Waals surface area (Å²) in [5, 5.41) is 13.3. The molecule has 0 radical (unpaired) electrons. The van der Waals surface area contributed by atoms with Gasteiger partial charge in [-0.25, -0.2) is 0 Å². The molecule has 2 aromatic carbocycles. The molecule has 0 aliphatic rings. The van der Waals surface area contributed by atoms with Gasteiger partial charge in [0.2, 0.25) is 5.91 Å². The Morgan fingerprint density at radius 1 is 1.16 bits per heavy atom. The van der Waals surface area contributed by atoms with E-state index in [4.69, 9.17) is 34.8 Å². The van der Waals surface area contributed by atoms with Crippen molar-refractivity contribution in [1.82, 2.24) is 20.1 Å². The van der Waals surface area contributed by atoms with Crippen molar-refractivity contribution in [3.63, 3.8) is 0 Å². The lowest BCUT2D eigenvalue weighted by atomic mass is 9.95. The Kier molecular flexibility index (Phi) is 7.92. The summed E-state index contributed by atoms with van der Waals surface area (Å²) in [6, 6.07) is 13.4. The summed E-state index contributed by atoms with van der Waals surface area (Å²) in [6.45, 7) is 5.84. The van der Waals surface area contributed by atoms with Crippen LogP contribution < -0.4 is 5.32 Å². The number of aromatic nitrogens is 3. The molecule has 1 aromatic heterocycles. The normalized spacial score (nSPS) is 11.5. The van der Waals surface area contributed by atoms with Crippen LogP contribution in [-0.2, 0) is 17.1 Å². The average Bonchev–Trinajstić information content (AvgIpc) is 3.15. The first-order valence-electron chi connectivity index (χ1n) is 9.64. The van der Waals surface area contributed by atoms with Gasteiger partial charge in [0.1, 0.15) is 0 Å². The number of hydrogen-bond donors (Lipinski definition) is 1. The molecule has 0 bridgehead atoms. The van der Waals surface area contributed by atoms with Crippen LogP contribution in [0.3, 0.4) is 0 Å². The molecule has 9 heteroatoms. The number of nitrogens with one attached hydrogen (secondary N) is 1. The van der Waals surface area contributed by atoms with Crippen LogP contribution in [0.15, 0.2) is 47.6 Å². The molecule has 0 spiro atoms. The number of benzene rings is 2. The molecule has 31 heavy (non-hydrogen) atoms. The molecule has 0 saturated carbocycles. The number of thioether (sulfide) groups is 1. The first kappa shape index (κ1) is 23.9. The fourth-order valence-electron chi connectivity index (χ4n) is 2.78. The summed E-state index contributed by atoms with van der Waals surface area (Å²) in [6.07, 6.45) is 0. The van der Waals surface area contributed by atoms with Crippen molar-refractivity contribution in [2.24, 2.45) is 5.41 Å². The first-order chi connectivity index (χ1) is 14.7. The van der Waals surface area contributed by atoms with Gasteiger partial charge in [-0.2, -0.15) is 0 Å². The molecule has 5 nitrogen and oxygen atoms in total. The zero-order chi connectivity index (χ0) is 22.6. The van der Waals surface area contributed by atoms with Gasteiger partial charge in [-0.05, 0) is 50.1 Å². The van der Waals surface area contributed by atoms with Gasteiger partial charge in [0, 0.05) is 16.7 Å². The summed E-state index contributed by atoms with van der Waals surface area (Å²) >= 11 is 20.2. The van der Waals surface area contributed by atoms with E-state index in [-0.39, 0.29) is 18.3 Å². The number of nitrogens with zero attached hydrogens (tertiary/aromatic N) is 3. The minimum Gasteiger partial charge on any atom is -0.348 e. The first-order valence-corrected chi connectivity index (χ1v) is 11.9. The maximum atomic E-state index is 12.5. The number of halogens is 3. The van der Waals surface area contributed by atoms with Gasteiger partial charge < -0.3 is 5.32 Å². The quantitative estimate of drug-likeness (QED) is 0.304. The second-order valence-corrected chi connectivity index (χ2v) is 9.80. The van der Waals surface area contributed by atoms with E-state index in [2.05, 4.69) is 34.6 Å². The molecular formula is C22H23Cl3N4OS. The Morgan fingerprint density at radius 2 is 1.90 bits per heavy atom. The van der Waals surface area contributed by atoms with Crippen LogP contribution in [0.4, 0.5) is 0 Å². The molecule has 3 rings (SSSR count). The van der Waals surface area contributed by atoms with Gasteiger partial charge in [0.25, 0.3) is 0 Å². The highest BCUT2D eigenvalue weighted by atomic mass is 35.5. The number of alkyl halides is 1. The van der Waals surface area contributed by atoms with Crippen LogP contribution in [0.1, 0.15) is 30.8 Å². The van der Waals surface area contributed by atoms with Crippen LogP contribution in [0, 0.1) is 12.3 Å². The lowest BCUT2D eigenvalue weighted by molar-refractivity contribution is -0.128. The van der Waals surface area contributed by atoms with Crippen molar-refractivity contribution in [3.05, 3.63) is 69.5 Å². The third-order valence-electron chi connectivity index (χ3n) is 4.82. The second kappa shape index (κ2) is 10.3. The molecule has 0 unspecified atom stereocenters. The Hall–Kier alpha value is -1.73. The van der Waals surface area contributed by atoms with Crippen LogP contribution >= 0.6 is 46.6 Å². The molecular weight excluding hydrogens is 475 g/mol. The van der Waals surface area contributed by atoms with Crippen molar-refractivity contribution >= 4 is 52.5 Å². The average molecular weight is 498 g/mol. The number of aryl methyl sites for hydroxylation is 1. The van der Waals surface area contributed by atoms with Crippen LogP contribution in [-0.4, -0.2) is 26.6 Å². The third kappa shape index (κ3) is 5.75. The highest BCUT2D eigenvalue weighted by Crippen LogP contribution is 2.31. The van der Waals surface area contributed by atoms with E-state index in [1.54, 1.807) is 43.8 Å². The van der Waals surface area contributed by atoms with Crippen molar-refractivity contribution in [2.45, 2.75) is 38.2 Å². The fourth-order valence-corrected chi connectivity index (χ4v) is 4.31. The maximum Gasteiger partial charge on any atom is 0.227 e. The fraction of sp³-hybridized carbons (Fsp3) is 0.318. The molecule has 0 aliphatic heterocycles. The summed E-state index contributed by atoms with van der Waals surface area (Å²) in [4.78, 5) is 12.5. The van der Waals surface area contributed by atoms with Crippen molar-refractivity contribution < 1.29 is 4.79 Å². The highest BCUT2D eigenvalue weighted by molar-refractivity contribution is 7.98. The van der Waals surface area contributed by atoms with Gasteiger partial charge in [0.05, 0.1) is 22.7 Å². The van der Waals surface area contributed by atoms with Gasteiger partial charge in [-0.15, -0.1) is 21.8 Å². The van der Waals surface area contributed by atoms with Crippen molar-refractivity contribution in [3.8, 4) is 5.69 Å². The van der Waals surface area contributed by atoms with E-state index in [0.717, 1.165) is 0 Å². The molecule has 0 saturated heterocycles. The van der Waals surface area contributed by atoms with Gasteiger partial charge >= 0.3 is 0 Å². The van der Waals surface area contributed by atoms with E-state index < -0.39 is 5.41 Å². The Bertz CT molecular complexity index is 1080. The zero-order valence-electron chi connectivity index (χ0n) is 17.5. The lowest BCUT2D eigenvalue weighted by Gasteiger charge is -2.20. The van der Waals surface area contributed by atoms with E-state index >= 15 is 0 Å². The Labute approximate surface area is 201 Å². The Balaban J connectivity index is 1.93. The molecule has 1 amide bonds. The topological polar surface area (TPSA) is 59.8 Å². The monoisotopic (exact) mass is 496 g/mol. The number of carbonyl (C=O) groups is 1. The van der Waals surface area contributed by atoms with E-state index in [0.29, 0.717) is 32.5 Å². The standard InChI is InChI=1S/C22H23Cl3N4OS/c1-14-6-4-5-7-15(14)12-31-21-28-27-19(11-26-20(30)22(2,3)13-23)29(21)18-10-16(24)8-9-17(18)25/h4-10H,11-13H2,1-3H3,(H,26,30). The highest BCUT2D eigenvalue weighted by Gasteiger charge is 2.27. The van der Waals surface area contributed by atoms with Crippen molar-refractivity contribution in [2.75, 3.05) is 5.88 Å². The van der Waals surface area contributed by atoms with E-state index in [1.165, 1.54) is 11.1 Å². The third-order valence-corrected chi connectivity index (χ3v) is 7.02. The summed E-state index contributed by atoms with van der Waals surface area (Å²) < 4.78 is 1.84. The largest absolute Gasteiger partial charge is 0.348 e. The van der Waals surface area contributed by atoms with Gasteiger partial charge in [0.15, 0.2) is 11.0 Å². The maximum absolute atomic E-state index is 12.5. The van der Waals surface area contributed by atoms with Crippen LogP contribution in [0.25, 0.3) is 5.69 Å². The number of amides is 1. The molecule has 0 atom stereocenters. The molecule has 0 aliphatic carbocycles. The minimum atomic E-state index is -0.692. The summed E-state index contributed by atoms with van der Waals surface area (Å²) in [5.74, 6) is 1.32. The molecule has 1 N–H and O–H groups in total. The van der Waals surface area contributed by atoms with Gasteiger partial charge in [-0.3, -0.25) is 9.36 Å². The van der Waals surface area contributed by atoms with E-state index in [9.17, 15) is 4.79 Å². The number of hydrogen-bond acceptors (Lipinski definition) is 4.